The predicted molar refractivity (Wildman–Crippen MR) is 72.6 cm³/mol. The summed E-state index contributed by atoms with van der Waals surface area (Å²) in [4.78, 5) is 37.1. The lowest BCUT2D eigenvalue weighted by molar-refractivity contribution is -0.121. The molecule has 1 fully saturated rings. The second-order valence-electron chi connectivity index (χ2n) is 4.66. The third-order valence-electron chi connectivity index (χ3n) is 3.33. The van der Waals surface area contributed by atoms with Crippen LogP contribution in [0.15, 0.2) is 39.9 Å². The molecule has 2 heterocycles. The summed E-state index contributed by atoms with van der Waals surface area (Å²) in [7, 11) is 0. The molecule has 0 saturated carbocycles. The zero-order chi connectivity index (χ0) is 14.1. The number of piperidine rings is 1. The number of H-pyrrole nitrogens is 1. The van der Waals surface area contributed by atoms with Gasteiger partial charge in [0.05, 0.1) is 5.69 Å². The van der Waals surface area contributed by atoms with Crippen molar-refractivity contribution in [2.24, 2.45) is 0 Å². The summed E-state index contributed by atoms with van der Waals surface area (Å²) in [6.45, 7) is 0.438. The lowest BCUT2D eigenvalue weighted by atomic mass is 10.1. The van der Waals surface area contributed by atoms with Crippen LogP contribution in [0.3, 0.4) is 0 Å². The van der Waals surface area contributed by atoms with Crippen LogP contribution in [0, 0.1) is 0 Å². The molecule has 1 aliphatic rings. The summed E-state index contributed by atoms with van der Waals surface area (Å²) < 4.78 is 1.02. The lowest BCUT2D eigenvalue weighted by Crippen LogP contribution is -2.49. The largest absolute Gasteiger partial charge is 0.371 e. The molecule has 7 nitrogen and oxygen atoms in total. The predicted octanol–water partition coefficient (Wildman–Crippen LogP) is -0.0242. The Bertz CT molecular complexity index is 741. The van der Waals surface area contributed by atoms with E-state index in [0.717, 1.165) is 22.2 Å². The van der Waals surface area contributed by atoms with Crippen molar-refractivity contribution in [3.63, 3.8) is 0 Å². The minimum atomic E-state index is -0.559. The highest BCUT2D eigenvalue weighted by molar-refractivity contribution is 5.86. The fourth-order valence-corrected chi connectivity index (χ4v) is 2.34. The number of aromatic nitrogens is 3. The van der Waals surface area contributed by atoms with Gasteiger partial charge >= 0.3 is 11.4 Å². The summed E-state index contributed by atoms with van der Waals surface area (Å²) >= 11 is 0. The molecule has 1 saturated heterocycles. The number of para-hydroxylation sites is 1. The van der Waals surface area contributed by atoms with Crippen molar-refractivity contribution in [1.82, 2.24) is 14.5 Å². The molecule has 0 bridgehead atoms. The molecular weight excluding hydrogens is 260 g/mol. The molecule has 1 aromatic carbocycles. The number of carbonyl (C=O) groups is 1. The fraction of sp³-hybridized carbons (Fsp3) is 0.308. The highest BCUT2D eigenvalue weighted by Crippen LogP contribution is 2.08. The van der Waals surface area contributed by atoms with E-state index in [2.05, 4.69) is 5.10 Å². The Balaban J connectivity index is 2.10. The molecule has 1 N–H and O–H groups in total. The van der Waals surface area contributed by atoms with E-state index in [9.17, 15) is 14.4 Å². The van der Waals surface area contributed by atoms with E-state index in [1.165, 1.54) is 5.01 Å². The van der Waals surface area contributed by atoms with Crippen LogP contribution in [-0.4, -0.2) is 26.9 Å². The average molecular weight is 274 g/mol. The molecule has 3 rings (SSSR count). The van der Waals surface area contributed by atoms with Crippen molar-refractivity contribution < 1.29 is 4.79 Å². The van der Waals surface area contributed by atoms with Crippen molar-refractivity contribution in [2.75, 3.05) is 11.6 Å². The van der Waals surface area contributed by atoms with Crippen LogP contribution in [0.2, 0.25) is 0 Å². The van der Waals surface area contributed by atoms with E-state index in [1.807, 2.05) is 0 Å². The Hall–Kier alpha value is -2.57. The van der Waals surface area contributed by atoms with Gasteiger partial charge < -0.3 is 0 Å². The number of hydrogen-bond donors (Lipinski definition) is 1. The molecule has 0 spiro atoms. The monoisotopic (exact) mass is 274 g/mol. The maximum Gasteiger partial charge on any atom is 0.371 e. The summed E-state index contributed by atoms with van der Waals surface area (Å²) in [6, 6.07) is 8.61. The summed E-state index contributed by atoms with van der Waals surface area (Å²) in [5.74, 6) is -0.153. The second-order valence-corrected chi connectivity index (χ2v) is 4.66. The Labute approximate surface area is 114 Å². The highest BCUT2D eigenvalue weighted by Gasteiger charge is 2.23. The van der Waals surface area contributed by atoms with Gasteiger partial charge in [0.25, 0.3) is 0 Å². The molecule has 0 aliphatic carbocycles. The standard InChI is InChI=1S/C13H14N4O3/c18-11-8-4-5-9-15(11)17-13(20)16(12(19)14-17)10-6-2-1-3-7-10/h1-3,6-7H,4-5,8-9H2,(H,14,19). The van der Waals surface area contributed by atoms with Gasteiger partial charge in [0.2, 0.25) is 5.91 Å². The molecule has 1 aliphatic heterocycles. The maximum absolute atomic E-state index is 12.3. The van der Waals surface area contributed by atoms with E-state index < -0.39 is 11.4 Å². The lowest BCUT2D eigenvalue weighted by Gasteiger charge is -2.25. The van der Waals surface area contributed by atoms with E-state index in [1.54, 1.807) is 30.3 Å². The summed E-state index contributed by atoms with van der Waals surface area (Å²) in [5.41, 5.74) is -0.641. The normalized spacial score (nSPS) is 15.6. The van der Waals surface area contributed by atoms with Gasteiger partial charge in [-0.1, -0.05) is 18.2 Å². The maximum atomic E-state index is 12.3. The molecule has 0 atom stereocenters. The molecule has 2 aromatic rings. The Morgan fingerprint density at radius 1 is 1.00 bits per heavy atom. The second kappa shape index (κ2) is 4.84. The van der Waals surface area contributed by atoms with Gasteiger partial charge in [0.1, 0.15) is 0 Å². The molecule has 104 valence electrons. The van der Waals surface area contributed by atoms with Gasteiger partial charge in [0.15, 0.2) is 0 Å². The molecule has 1 aromatic heterocycles. The number of nitrogens with one attached hydrogen (secondary N) is 1. The van der Waals surface area contributed by atoms with Crippen molar-refractivity contribution in [3.8, 4) is 5.69 Å². The van der Waals surface area contributed by atoms with Gasteiger partial charge in [-0.2, -0.15) is 0 Å². The number of carbonyl (C=O) groups excluding carboxylic acids is 1. The van der Waals surface area contributed by atoms with Gasteiger partial charge in [-0.25, -0.2) is 24.3 Å². The van der Waals surface area contributed by atoms with Gasteiger partial charge in [-0.05, 0) is 25.0 Å². The quantitative estimate of drug-likeness (QED) is 0.835. The smallest absolute Gasteiger partial charge is 0.273 e. The average Bonchev–Trinajstić information content (AvgIpc) is 2.75. The van der Waals surface area contributed by atoms with Gasteiger partial charge in [0, 0.05) is 13.0 Å². The zero-order valence-electron chi connectivity index (χ0n) is 10.8. The number of benzene rings is 1. The molecule has 0 unspecified atom stereocenters. The Kier molecular flexibility index (Phi) is 3.02. The SMILES string of the molecule is O=C1CCCCN1n1[nH]c(=O)n(-c2ccccc2)c1=O. The Morgan fingerprint density at radius 3 is 2.45 bits per heavy atom. The van der Waals surface area contributed by atoms with Crippen LogP contribution in [0.25, 0.3) is 5.69 Å². The van der Waals surface area contributed by atoms with E-state index in [4.69, 9.17) is 0 Å². The van der Waals surface area contributed by atoms with Crippen LogP contribution in [-0.2, 0) is 4.79 Å². The van der Waals surface area contributed by atoms with Crippen LogP contribution in [0.5, 0.6) is 0 Å². The first-order valence-corrected chi connectivity index (χ1v) is 6.48. The minimum Gasteiger partial charge on any atom is -0.273 e. The third-order valence-corrected chi connectivity index (χ3v) is 3.33. The topological polar surface area (TPSA) is 80.1 Å². The molecule has 1 amide bonds. The first-order valence-electron chi connectivity index (χ1n) is 6.48. The van der Waals surface area contributed by atoms with Crippen LogP contribution < -0.4 is 16.4 Å². The fourth-order valence-electron chi connectivity index (χ4n) is 2.34. The summed E-state index contributed by atoms with van der Waals surface area (Å²) in [6.07, 6.45) is 2.02. The van der Waals surface area contributed by atoms with Crippen LogP contribution in [0.4, 0.5) is 0 Å². The number of amides is 1. The number of nitrogens with zero attached hydrogens (tertiary/aromatic N) is 3. The van der Waals surface area contributed by atoms with E-state index in [-0.39, 0.29) is 5.91 Å². The molecule has 7 heteroatoms. The number of rotatable bonds is 2. The first-order chi connectivity index (χ1) is 9.68. The van der Waals surface area contributed by atoms with Gasteiger partial charge in [-0.3, -0.25) is 4.79 Å². The van der Waals surface area contributed by atoms with Crippen LogP contribution in [0.1, 0.15) is 19.3 Å². The van der Waals surface area contributed by atoms with Crippen molar-refractivity contribution in [3.05, 3.63) is 51.3 Å². The highest BCUT2D eigenvalue weighted by atomic mass is 16.2. The number of hydrogen-bond acceptors (Lipinski definition) is 3. The van der Waals surface area contributed by atoms with Crippen molar-refractivity contribution >= 4 is 5.91 Å². The number of aromatic amines is 1. The van der Waals surface area contributed by atoms with Crippen LogP contribution >= 0.6 is 0 Å². The summed E-state index contributed by atoms with van der Waals surface area (Å²) in [5, 5.41) is 3.73. The molecular formula is C13H14N4O3. The van der Waals surface area contributed by atoms with E-state index in [0.29, 0.717) is 18.7 Å². The van der Waals surface area contributed by atoms with E-state index >= 15 is 0 Å². The molecule has 0 radical (unpaired) electrons. The first kappa shape index (κ1) is 12.5. The zero-order valence-corrected chi connectivity index (χ0v) is 10.8. The molecule has 20 heavy (non-hydrogen) atoms. The minimum absolute atomic E-state index is 0.153. The van der Waals surface area contributed by atoms with Gasteiger partial charge in [-0.15, -0.1) is 4.79 Å². The van der Waals surface area contributed by atoms with Crippen molar-refractivity contribution in [2.45, 2.75) is 19.3 Å². The van der Waals surface area contributed by atoms with Crippen molar-refractivity contribution in [1.29, 1.82) is 0 Å². The third kappa shape index (κ3) is 1.97. The Morgan fingerprint density at radius 2 is 1.75 bits per heavy atom.